The number of hydrogen-bond donors (Lipinski definition) is 1. The highest BCUT2D eigenvalue weighted by atomic mass is 16.5. The molecule has 0 saturated heterocycles. The molecule has 6 nitrogen and oxygen atoms in total. The van der Waals surface area contributed by atoms with Gasteiger partial charge in [0, 0.05) is 23.7 Å². The summed E-state index contributed by atoms with van der Waals surface area (Å²) < 4.78 is 15.0. The zero-order chi connectivity index (χ0) is 40.6. The fourth-order valence-electron chi connectivity index (χ4n) is 9.87. The molecule has 1 N–H and O–H groups in total. The molecule has 1 heterocycles. The normalized spacial score (nSPS) is 19.5. The Kier molecular flexibility index (Phi) is 11.6. The molecule has 1 aromatic heterocycles. The van der Waals surface area contributed by atoms with Crippen molar-refractivity contribution in [2.45, 2.75) is 30.5 Å². The number of rotatable bonds is 14. The van der Waals surface area contributed by atoms with Crippen LogP contribution < -0.4 is 5.43 Å². The van der Waals surface area contributed by atoms with E-state index in [1.165, 1.54) is 0 Å². The molecule has 9 rings (SSSR count). The topological polar surface area (TPSA) is 72.8 Å². The number of carbonyl (C=O) groups is 1. The van der Waals surface area contributed by atoms with E-state index >= 15 is 0 Å². The Morgan fingerprint density at radius 3 is 1.13 bits per heavy atom. The monoisotopic (exact) mass is 787 g/mol. The Bertz CT molecular complexity index is 2130. The second-order valence-corrected chi connectivity index (χ2v) is 16.0. The smallest absolute Gasteiger partial charge is 0.271 e. The average Bonchev–Trinajstić information content (AvgIpc) is 3.90. The Balaban J connectivity index is 1.07. The third-order valence-corrected chi connectivity index (χ3v) is 12.7. The van der Waals surface area contributed by atoms with E-state index in [0.29, 0.717) is 18.8 Å². The summed E-state index contributed by atoms with van der Waals surface area (Å²) in [6, 6.07) is 67.0. The summed E-state index contributed by atoms with van der Waals surface area (Å²) in [5.41, 5.74) is 9.25. The van der Waals surface area contributed by atoms with Crippen LogP contribution in [0, 0.1) is 23.7 Å². The number of fused-ring (bicyclic) bond motifs is 1. The molecule has 60 heavy (non-hydrogen) atoms. The molecule has 0 spiro atoms. The summed E-state index contributed by atoms with van der Waals surface area (Å²) in [6.45, 7) is 1.07. The molecule has 7 aromatic rings. The number of amides is 1. The van der Waals surface area contributed by atoms with Gasteiger partial charge in [-0.25, -0.2) is 5.43 Å². The van der Waals surface area contributed by atoms with E-state index in [4.69, 9.17) is 14.6 Å². The largest absolute Gasteiger partial charge is 0.361 e. The summed E-state index contributed by atoms with van der Waals surface area (Å²) in [5.74, 6) is 0.757. The molecule has 2 fully saturated rings. The zero-order valence-electron chi connectivity index (χ0n) is 33.6. The number of benzene rings is 6. The highest BCUT2D eigenvalue weighted by Crippen LogP contribution is 2.53. The Hall–Kier alpha value is -6.47. The van der Waals surface area contributed by atoms with Crippen LogP contribution in [0.3, 0.4) is 0 Å². The van der Waals surface area contributed by atoms with E-state index in [9.17, 15) is 4.79 Å². The SMILES string of the molecule is O=C(NN=C1CC2[C@H](COC(c3ccccc3)(c3ccccc3)c3ccccc3)C[C@H](COC(c3ccccc3)(c3ccccc3)c3ccccc3)[C@@H]2C1)c1ccncc1. The maximum Gasteiger partial charge on any atom is 0.271 e. The van der Waals surface area contributed by atoms with Gasteiger partial charge in [0.05, 0.1) is 13.2 Å². The van der Waals surface area contributed by atoms with Gasteiger partial charge in [-0.15, -0.1) is 0 Å². The van der Waals surface area contributed by atoms with E-state index in [2.05, 4.69) is 192 Å². The number of ether oxygens (including phenoxy) is 2. The minimum Gasteiger partial charge on any atom is -0.361 e. The van der Waals surface area contributed by atoms with Crippen LogP contribution in [0.25, 0.3) is 0 Å². The molecular weight excluding hydrogens is 739 g/mol. The number of hydrazone groups is 1. The van der Waals surface area contributed by atoms with Crippen molar-refractivity contribution in [2.75, 3.05) is 13.2 Å². The summed E-state index contributed by atoms with van der Waals surface area (Å²) >= 11 is 0. The van der Waals surface area contributed by atoms with Crippen molar-refractivity contribution < 1.29 is 14.3 Å². The van der Waals surface area contributed by atoms with Gasteiger partial charge >= 0.3 is 0 Å². The maximum atomic E-state index is 13.1. The number of hydrogen-bond acceptors (Lipinski definition) is 5. The van der Waals surface area contributed by atoms with E-state index < -0.39 is 11.2 Å². The summed E-state index contributed by atoms with van der Waals surface area (Å²) in [5, 5.41) is 4.77. The van der Waals surface area contributed by atoms with Crippen molar-refractivity contribution in [1.29, 1.82) is 0 Å². The highest BCUT2D eigenvalue weighted by Gasteiger charge is 2.50. The van der Waals surface area contributed by atoms with Gasteiger partial charge in [0.25, 0.3) is 5.91 Å². The van der Waals surface area contributed by atoms with Crippen LogP contribution in [0.2, 0.25) is 0 Å². The molecule has 2 aliphatic carbocycles. The van der Waals surface area contributed by atoms with Gasteiger partial charge in [0.2, 0.25) is 0 Å². The molecule has 1 unspecified atom stereocenters. The quantitative estimate of drug-likeness (QED) is 0.0880. The maximum absolute atomic E-state index is 13.1. The van der Waals surface area contributed by atoms with E-state index in [0.717, 1.165) is 58.4 Å². The summed E-state index contributed by atoms with van der Waals surface area (Å²) in [6.07, 6.45) is 5.74. The van der Waals surface area contributed by atoms with Crippen molar-refractivity contribution in [3.8, 4) is 0 Å². The van der Waals surface area contributed by atoms with Gasteiger partial charge in [-0.3, -0.25) is 9.78 Å². The van der Waals surface area contributed by atoms with Crippen LogP contribution in [-0.2, 0) is 20.7 Å². The van der Waals surface area contributed by atoms with Crippen LogP contribution in [0.5, 0.6) is 0 Å². The molecule has 2 saturated carbocycles. The number of nitrogens with zero attached hydrogens (tertiary/aromatic N) is 2. The lowest BCUT2D eigenvalue weighted by atomic mass is 9.80. The van der Waals surface area contributed by atoms with Crippen molar-refractivity contribution in [2.24, 2.45) is 28.8 Å². The molecule has 0 aliphatic heterocycles. The van der Waals surface area contributed by atoms with Gasteiger partial charge in [-0.2, -0.15) is 5.10 Å². The van der Waals surface area contributed by atoms with Gasteiger partial charge < -0.3 is 9.47 Å². The Labute approximate surface area is 353 Å². The van der Waals surface area contributed by atoms with Crippen molar-refractivity contribution >= 4 is 11.6 Å². The van der Waals surface area contributed by atoms with E-state index in [-0.39, 0.29) is 29.6 Å². The molecular formula is C54H49N3O3. The third-order valence-electron chi connectivity index (χ3n) is 12.7. The van der Waals surface area contributed by atoms with Crippen LogP contribution in [0.4, 0.5) is 0 Å². The second-order valence-electron chi connectivity index (χ2n) is 16.0. The number of nitrogens with one attached hydrogen (secondary N) is 1. The molecule has 1 amide bonds. The minimum atomic E-state index is -0.828. The first-order valence-electron chi connectivity index (χ1n) is 21.0. The average molecular weight is 788 g/mol. The van der Waals surface area contributed by atoms with Crippen LogP contribution in [0.1, 0.15) is 63.0 Å². The molecule has 4 atom stereocenters. The predicted molar refractivity (Wildman–Crippen MR) is 237 cm³/mol. The predicted octanol–water partition coefficient (Wildman–Crippen LogP) is 10.8. The van der Waals surface area contributed by atoms with Crippen molar-refractivity contribution in [3.05, 3.63) is 245 Å². The Morgan fingerprint density at radius 2 is 0.817 bits per heavy atom. The van der Waals surface area contributed by atoms with Gasteiger partial charge in [-0.05, 0) is 88.4 Å². The lowest BCUT2D eigenvalue weighted by Crippen LogP contribution is -2.35. The van der Waals surface area contributed by atoms with Gasteiger partial charge in [0.15, 0.2) is 0 Å². The number of pyridine rings is 1. The zero-order valence-corrected chi connectivity index (χ0v) is 33.6. The van der Waals surface area contributed by atoms with Crippen LogP contribution in [-0.4, -0.2) is 29.8 Å². The first-order chi connectivity index (χ1) is 29.6. The second kappa shape index (κ2) is 17.8. The number of aromatic nitrogens is 1. The first kappa shape index (κ1) is 39.0. The Morgan fingerprint density at radius 1 is 0.500 bits per heavy atom. The first-order valence-corrected chi connectivity index (χ1v) is 21.0. The van der Waals surface area contributed by atoms with E-state index in [1.807, 2.05) is 0 Å². The van der Waals surface area contributed by atoms with Crippen LogP contribution >= 0.6 is 0 Å². The van der Waals surface area contributed by atoms with Crippen molar-refractivity contribution in [1.82, 2.24) is 10.4 Å². The summed E-state index contributed by atoms with van der Waals surface area (Å²) in [7, 11) is 0. The molecule has 0 radical (unpaired) electrons. The lowest BCUT2D eigenvalue weighted by Gasteiger charge is -2.37. The molecule has 298 valence electrons. The molecule has 6 aromatic carbocycles. The molecule has 6 heteroatoms. The van der Waals surface area contributed by atoms with Gasteiger partial charge in [-0.1, -0.05) is 182 Å². The molecule has 0 bridgehead atoms. The van der Waals surface area contributed by atoms with Gasteiger partial charge in [0.1, 0.15) is 11.2 Å². The highest BCUT2D eigenvalue weighted by molar-refractivity contribution is 5.95. The lowest BCUT2D eigenvalue weighted by molar-refractivity contribution is -0.0210. The standard InChI is InChI=1S/C54H49N3O3/c58-52(40-31-33-55-34-32-40)57-56-49-36-50-41(38-59-53(43-19-7-1-8-20-43,44-21-9-2-10-22-44)45-23-11-3-12-24-45)35-42(51(50)37-49)39-60-54(46-25-13-4-14-26-46,47-27-15-5-16-28-47)48-29-17-6-18-30-48/h1-34,41-42,50-51H,35-39H2,(H,57,58)/t41-,42+,50+,51?/m1/s1. The fraction of sp³-hybridized carbons (Fsp3) is 0.204. The molecule has 2 aliphatic rings. The minimum absolute atomic E-state index is 0.210. The fourth-order valence-corrected chi connectivity index (χ4v) is 9.87. The van der Waals surface area contributed by atoms with E-state index in [1.54, 1.807) is 24.5 Å². The van der Waals surface area contributed by atoms with Crippen LogP contribution in [0.15, 0.2) is 212 Å². The third kappa shape index (κ3) is 7.72. The summed E-state index contributed by atoms with van der Waals surface area (Å²) in [4.78, 5) is 17.2. The number of carbonyl (C=O) groups excluding carboxylic acids is 1. The van der Waals surface area contributed by atoms with Crippen molar-refractivity contribution in [3.63, 3.8) is 0 Å².